The summed E-state index contributed by atoms with van der Waals surface area (Å²) in [5.41, 5.74) is 3.21. The third kappa shape index (κ3) is 2.38. The zero-order valence-electron chi connectivity index (χ0n) is 13.2. The van der Waals surface area contributed by atoms with Gasteiger partial charge in [0.25, 0.3) is 0 Å². The molecule has 5 nitrogen and oxygen atoms in total. The summed E-state index contributed by atoms with van der Waals surface area (Å²) in [6.07, 6.45) is 9.79. The van der Waals surface area contributed by atoms with Crippen LogP contribution in [-0.2, 0) is 0 Å². The van der Waals surface area contributed by atoms with Gasteiger partial charge in [-0.1, -0.05) is 0 Å². The Balaban J connectivity index is 2.00. The molecular formula is C18H18N4O. The van der Waals surface area contributed by atoms with E-state index in [0.29, 0.717) is 5.92 Å². The Morgan fingerprint density at radius 3 is 2.70 bits per heavy atom. The van der Waals surface area contributed by atoms with Crippen LogP contribution >= 0.6 is 0 Å². The Kier molecular flexibility index (Phi) is 3.33. The Bertz CT molecular complexity index is 874. The van der Waals surface area contributed by atoms with Crippen LogP contribution in [0.3, 0.4) is 0 Å². The molecule has 0 bridgehead atoms. The van der Waals surface area contributed by atoms with E-state index in [9.17, 15) is 0 Å². The lowest BCUT2D eigenvalue weighted by Gasteiger charge is -2.13. The number of nitrogens with zero attached hydrogens (tertiary/aromatic N) is 3. The largest absolute Gasteiger partial charge is 0.494 e. The fourth-order valence-corrected chi connectivity index (χ4v) is 2.93. The van der Waals surface area contributed by atoms with E-state index in [-0.39, 0.29) is 0 Å². The molecule has 1 saturated carbocycles. The van der Waals surface area contributed by atoms with Gasteiger partial charge in [0.1, 0.15) is 11.6 Å². The van der Waals surface area contributed by atoms with Crippen LogP contribution in [0.4, 0.5) is 5.82 Å². The molecular weight excluding hydrogens is 288 g/mol. The van der Waals surface area contributed by atoms with Crippen LogP contribution in [0.25, 0.3) is 21.9 Å². The SMILES string of the molecule is CNc1ncc(-c2ccncc2OC)c2cc(C3CC3)ncc12. The smallest absolute Gasteiger partial charge is 0.145 e. The van der Waals surface area contributed by atoms with E-state index in [1.807, 2.05) is 25.5 Å². The molecule has 1 fully saturated rings. The Morgan fingerprint density at radius 1 is 1.09 bits per heavy atom. The normalized spacial score (nSPS) is 14.0. The fraction of sp³-hybridized carbons (Fsp3) is 0.278. The van der Waals surface area contributed by atoms with Crippen molar-refractivity contribution in [3.63, 3.8) is 0 Å². The van der Waals surface area contributed by atoms with Crippen molar-refractivity contribution in [1.82, 2.24) is 15.0 Å². The molecule has 0 spiro atoms. The predicted octanol–water partition coefficient (Wildman–Crippen LogP) is 3.62. The maximum atomic E-state index is 5.47. The maximum Gasteiger partial charge on any atom is 0.145 e. The zero-order valence-corrected chi connectivity index (χ0v) is 13.2. The van der Waals surface area contributed by atoms with Crippen LogP contribution < -0.4 is 10.1 Å². The van der Waals surface area contributed by atoms with Gasteiger partial charge in [-0.15, -0.1) is 0 Å². The maximum absolute atomic E-state index is 5.47. The standard InChI is InChI=1S/C18H18N4O/c1-19-18-15-9-21-16(11-3-4-11)7-13(15)14(8-22-18)12-5-6-20-10-17(12)23-2/h5-11H,3-4H2,1-2H3,(H,19,22). The molecule has 3 aromatic rings. The minimum absolute atomic E-state index is 0.609. The van der Waals surface area contributed by atoms with Crippen LogP contribution in [0.2, 0.25) is 0 Å². The number of methoxy groups -OCH3 is 1. The number of nitrogens with one attached hydrogen (secondary N) is 1. The fourth-order valence-electron chi connectivity index (χ4n) is 2.93. The van der Waals surface area contributed by atoms with Crippen molar-refractivity contribution < 1.29 is 4.74 Å². The summed E-state index contributed by atoms with van der Waals surface area (Å²) in [6, 6.07) is 4.16. The second-order valence-corrected chi connectivity index (χ2v) is 5.78. The summed E-state index contributed by atoms with van der Waals surface area (Å²) >= 11 is 0. The van der Waals surface area contributed by atoms with Crippen molar-refractivity contribution in [2.45, 2.75) is 18.8 Å². The van der Waals surface area contributed by atoms with E-state index in [2.05, 4.69) is 26.3 Å². The van der Waals surface area contributed by atoms with Gasteiger partial charge < -0.3 is 10.1 Å². The third-order valence-electron chi connectivity index (χ3n) is 4.32. The zero-order chi connectivity index (χ0) is 15.8. The molecule has 0 saturated heterocycles. The van der Waals surface area contributed by atoms with E-state index in [1.54, 1.807) is 19.5 Å². The van der Waals surface area contributed by atoms with Gasteiger partial charge in [0.15, 0.2) is 0 Å². The lowest BCUT2D eigenvalue weighted by molar-refractivity contribution is 0.414. The molecule has 0 unspecified atom stereocenters. The molecule has 1 aliphatic carbocycles. The van der Waals surface area contributed by atoms with Gasteiger partial charge >= 0.3 is 0 Å². The van der Waals surface area contributed by atoms with E-state index in [1.165, 1.54) is 18.5 Å². The van der Waals surface area contributed by atoms with Gasteiger partial charge in [0, 0.05) is 53.8 Å². The topological polar surface area (TPSA) is 59.9 Å². The second-order valence-electron chi connectivity index (χ2n) is 5.78. The van der Waals surface area contributed by atoms with Crippen molar-refractivity contribution in [2.75, 3.05) is 19.5 Å². The first-order valence-electron chi connectivity index (χ1n) is 7.76. The summed E-state index contributed by atoms with van der Waals surface area (Å²) in [5.74, 6) is 2.20. The summed E-state index contributed by atoms with van der Waals surface area (Å²) in [6.45, 7) is 0. The summed E-state index contributed by atoms with van der Waals surface area (Å²) < 4.78 is 5.47. The highest BCUT2D eigenvalue weighted by molar-refractivity contribution is 6.02. The first-order chi connectivity index (χ1) is 11.3. The number of ether oxygens (including phenoxy) is 1. The van der Waals surface area contributed by atoms with Crippen LogP contribution in [0.5, 0.6) is 5.75 Å². The van der Waals surface area contributed by atoms with Crippen molar-refractivity contribution >= 4 is 16.6 Å². The monoisotopic (exact) mass is 306 g/mol. The van der Waals surface area contributed by atoms with Gasteiger partial charge in [-0.2, -0.15) is 0 Å². The first-order valence-corrected chi connectivity index (χ1v) is 7.76. The molecule has 3 heterocycles. The molecule has 0 amide bonds. The van der Waals surface area contributed by atoms with Crippen LogP contribution in [0.1, 0.15) is 24.5 Å². The molecule has 0 atom stereocenters. The van der Waals surface area contributed by atoms with Crippen LogP contribution in [0.15, 0.2) is 36.9 Å². The number of aromatic nitrogens is 3. The molecule has 0 aromatic carbocycles. The summed E-state index contributed by atoms with van der Waals surface area (Å²) in [5, 5.41) is 5.31. The lowest BCUT2D eigenvalue weighted by Crippen LogP contribution is -1.98. The van der Waals surface area contributed by atoms with Crippen molar-refractivity contribution in [3.05, 3.63) is 42.6 Å². The molecule has 23 heavy (non-hydrogen) atoms. The highest BCUT2D eigenvalue weighted by Gasteiger charge is 2.25. The highest BCUT2D eigenvalue weighted by Crippen LogP contribution is 2.42. The first kappa shape index (κ1) is 13.9. The highest BCUT2D eigenvalue weighted by atomic mass is 16.5. The average molecular weight is 306 g/mol. The van der Waals surface area contributed by atoms with Crippen molar-refractivity contribution in [1.29, 1.82) is 0 Å². The van der Waals surface area contributed by atoms with Crippen molar-refractivity contribution in [3.8, 4) is 16.9 Å². The average Bonchev–Trinajstić information content (AvgIpc) is 3.45. The summed E-state index contributed by atoms with van der Waals surface area (Å²) in [7, 11) is 3.54. The number of hydrogen-bond acceptors (Lipinski definition) is 5. The van der Waals surface area contributed by atoms with Gasteiger partial charge in [-0.3, -0.25) is 9.97 Å². The van der Waals surface area contributed by atoms with Gasteiger partial charge in [-0.25, -0.2) is 4.98 Å². The predicted molar refractivity (Wildman–Crippen MR) is 90.8 cm³/mol. The third-order valence-corrected chi connectivity index (χ3v) is 4.32. The lowest BCUT2D eigenvalue weighted by atomic mass is 10.0. The minimum atomic E-state index is 0.609. The Morgan fingerprint density at radius 2 is 1.96 bits per heavy atom. The van der Waals surface area contributed by atoms with E-state index in [0.717, 1.165) is 33.5 Å². The minimum Gasteiger partial charge on any atom is -0.494 e. The van der Waals surface area contributed by atoms with Gasteiger partial charge in [0.2, 0.25) is 0 Å². The number of hydrogen-bond donors (Lipinski definition) is 1. The number of pyridine rings is 3. The number of fused-ring (bicyclic) bond motifs is 1. The number of rotatable bonds is 4. The second kappa shape index (κ2) is 5.50. The summed E-state index contributed by atoms with van der Waals surface area (Å²) in [4.78, 5) is 13.3. The van der Waals surface area contributed by atoms with Gasteiger partial charge in [0.05, 0.1) is 13.3 Å². The molecule has 4 rings (SSSR count). The van der Waals surface area contributed by atoms with E-state index < -0.39 is 0 Å². The number of anilines is 1. The Labute approximate surface area is 134 Å². The van der Waals surface area contributed by atoms with E-state index in [4.69, 9.17) is 4.74 Å². The Hall–Kier alpha value is -2.69. The van der Waals surface area contributed by atoms with Crippen molar-refractivity contribution in [2.24, 2.45) is 0 Å². The van der Waals surface area contributed by atoms with Crippen LogP contribution in [-0.4, -0.2) is 29.1 Å². The molecule has 1 N–H and O–H groups in total. The van der Waals surface area contributed by atoms with E-state index >= 15 is 0 Å². The molecule has 1 aliphatic rings. The quantitative estimate of drug-likeness (QED) is 0.797. The molecule has 0 aliphatic heterocycles. The molecule has 116 valence electrons. The van der Waals surface area contributed by atoms with Crippen LogP contribution in [0, 0.1) is 0 Å². The molecule has 0 radical (unpaired) electrons. The van der Waals surface area contributed by atoms with Gasteiger partial charge in [-0.05, 0) is 30.4 Å². The molecule has 3 aromatic heterocycles. The molecule has 5 heteroatoms.